The van der Waals surface area contributed by atoms with Gasteiger partial charge < -0.3 is 10.2 Å². The van der Waals surface area contributed by atoms with Crippen molar-refractivity contribution in [2.45, 2.75) is 32.1 Å². The number of amides is 2. The van der Waals surface area contributed by atoms with Gasteiger partial charge in [0.1, 0.15) is 0 Å². The summed E-state index contributed by atoms with van der Waals surface area (Å²) in [7, 11) is 0. The number of para-hydroxylation sites is 2. The second-order valence-electron chi connectivity index (χ2n) is 6.82. The van der Waals surface area contributed by atoms with Crippen LogP contribution in [0.3, 0.4) is 0 Å². The molecule has 0 saturated heterocycles. The number of aryl methyl sites for hydroxylation is 1. The van der Waals surface area contributed by atoms with Crippen LogP contribution in [0.5, 0.6) is 0 Å². The van der Waals surface area contributed by atoms with Gasteiger partial charge in [-0.1, -0.05) is 30.3 Å². The van der Waals surface area contributed by atoms with Gasteiger partial charge in [-0.15, -0.1) is 11.3 Å². The number of carbonyl (C=O) groups excluding carboxylic acids is 2. The average Bonchev–Trinajstić information content (AvgIpc) is 3.19. The summed E-state index contributed by atoms with van der Waals surface area (Å²) in [5.41, 5.74) is 1.76. The number of nitriles is 1. The van der Waals surface area contributed by atoms with Gasteiger partial charge in [0.15, 0.2) is 0 Å². The van der Waals surface area contributed by atoms with Crippen LogP contribution in [0, 0.1) is 11.3 Å². The van der Waals surface area contributed by atoms with Gasteiger partial charge in [-0.25, -0.2) is 4.98 Å². The van der Waals surface area contributed by atoms with Gasteiger partial charge in [-0.2, -0.15) is 5.26 Å². The number of hydrogen-bond acceptors (Lipinski definition) is 5. The van der Waals surface area contributed by atoms with E-state index >= 15 is 0 Å². The first kappa shape index (κ1) is 21.5. The number of hydrogen-bond donors (Lipinski definition) is 1. The van der Waals surface area contributed by atoms with Gasteiger partial charge in [0.05, 0.1) is 27.7 Å². The Labute approximate surface area is 180 Å². The van der Waals surface area contributed by atoms with Gasteiger partial charge in [-0.05, 0) is 30.7 Å². The number of thiazole rings is 1. The Morgan fingerprint density at radius 3 is 2.60 bits per heavy atom. The van der Waals surface area contributed by atoms with E-state index in [0.29, 0.717) is 13.1 Å². The minimum atomic E-state index is -0.152. The zero-order valence-corrected chi connectivity index (χ0v) is 17.5. The smallest absolute Gasteiger partial charge is 0.227 e. The number of benzene rings is 2. The van der Waals surface area contributed by atoms with E-state index in [2.05, 4.69) is 22.4 Å². The molecule has 0 unspecified atom stereocenters. The molecule has 0 aliphatic carbocycles. The highest BCUT2D eigenvalue weighted by Gasteiger charge is 2.16. The molecule has 0 saturated carbocycles. The summed E-state index contributed by atoms with van der Waals surface area (Å²) in [6, 6.07) is 19.3. The molecular formula is C23H24N4O2S. The predicted molar refractivity (Wildman–Crippen MR) is 119 cm³/mol. The number of aromatic nitrogens is 1. The third-order valence-electron chi connectivity index (χ3n) is 4.61. The Bertz CT molecular complexity index is 993. The first-order valence-corrected chi connectivity index (χ1v) is 10.8. The molecule has 0 aliphatic heterocycles. The van der Waals surface area contributed by atoms with E-state index in [0.717, 1.165) is 29.1 Å². The van der Waals surface area contributed by atoms with Crippen molar-refractivity contribution in [2.75, 3.05) is 18.0 Å². The quantitative estimate of drug-likeness (QED) is 0.501. The van der Waals surface area contributed by atoms with Crippen molar-refractivity contribution < 1.29 is 9.59 Å². The summed E-state index contributed by atoms with van der Waals surface area (Å²) >= 11 is 1.68. The molecule has 30 heavy (non-hydrogen) atoms. The molecule has 1 N–H and O–H groups in total. The van der Waals surface area contributed by atoms with E-state index in [1.807, 2.05) is 48.5 Å². The molecule has 0 bridgehead atoms. The lowest BCUT2D eigenvalue weighted by Crippen LogP contribution is -2.33. The second-order valence-corrected chi connectivity index (χ2v) is 7.93. The Hall–Kier alpha value is -3.24. The molecule has 1 heterocycles. The fraction of sp³-hybridized carbons (Fsp3) is 0.304. The molecule has 0 spiro atoms. The number of nitrogens with one attached hydrogen (secondary N) is 1. The van der Waals surface area contributed by atoms with Gasteiger partial charge >= 0.3 is 0 Å². The molecule has 0 aliphatic rings. The van der Waals surface area contributed by atoms with E-state index in [9.17, 15) is 9.59 Å². The predicted octanol–water partition coefficient (Wildman–Crippen LogP) is 4.07. The lowest BCUT2D eigenvalue weighted by Gasteiger charge is -2.21. The third kappa shape index (κ3) is 6.13. The molecule has 0 atom stereocenters. The van der Waals surface area contributed by atoms with Crippen molar-refractivity contribution >= 4 is 39.1 Å². The second kappa shape index (κ2) is 11.1. The Balaban J connectivity index is 1.40. The van der Waals surface area contributed by atoms with Crippen LogP contribution in [-0.2, 0) is 16.0 Å². The van der Waals surface area contributed by atoms with Crippen LogP contribution in [0.15, 0.2) is 54.6 Å². The van der Waals surface area contributed by atoms with Crippen LogP contribution in [0.25, 0.3) is 10.2 Å². The van der Waals surface area contributed by atoms with Crippen molar-refractivity contribution in [3.8, 4) is 6.07 Å². The van der Waals surface area contributed by atoms with Crippen molar-refractivity contribution in [3.63, 3.8) is 0 Å². The lowest BCUT2D eigenvalue weighted by molar-refractivity contribution is -0.125. The molecular weight excluding hydrogens is 396 g/mol. The first-order valence-electron chi connectivity index (χ1n) is 10.0. The number of nitrogens with zero attached hydrogens (tertiary/aromatic N) is 3. The minimum Gasteiger partial charge on any atom is -0.356 e. The highest BCUT2D eigenvalue weighted by atomic mass is 32.1. The summed E-state index contributed by atoms with van der Waals surface area (Å²) in [5, 5.41) is 12.8. The van der Waals surface area contributed by atoms with Crippen LogP contribution in [-0.4, -0.2) is 29.9 Å². The van der Waals surface area contributed by atoms with Gasteiger partial charge in [0, 0.05) is 38.0 Å². The maximum absolute atomic E-state index is 12.6. The Kier molecular flexibility index (Phi) is 7.93. The molecule has 6 nitrogen and oxygen atoms in total. The maximum atomic E-state index is 12.6. The fourth-order valence-corrected chi connectivity index (χ4v) is 4.11. The SMILES string of the molecule is N#CCCN(C(=O)CCC(=O)NCCCc1nc2ccccc2s1)c1ccccc1. The topological polar surface area (TPSA) is 86.1 Å². The molecule has 1 aromatic heterocycles. The molecule has 0 fully saturated rings. The monoisotopic (exact) mass is 420 g/mol. The van der Waals surface area contributed by atoms with Gasteiger partial charge in [0.2, 0.25) is 11.8 Å². The molecule has 7 heteroatoms. The number of rotatable bonds is 10. The lowest BCUT2D eigenvalue weighted by atomic mass is 10.2. The van der Waals surface area contributed by atoms with E-state index in [1.54, 1.807) is 16.2 Å². The van der Waals surface area contributed by atoms with Crippen LogP contribution < -0.4 is 10.2 Å². The third-order valence-corrected chi connectivity index (χ3v) is 5.71. The van der Waals surface area contributed by atoms with Crippen molar-refractivity contribution in [3.05, 3.63) is 59.6 Å². The Morgan fingerprint density at radius 1 is 1.07 bits per heavy atom. The van der Waals surface area contributed by atoms with Crippen molar-refractivity contribution in [1.82, 2.24) is 10.3 Å². The molecule has 2 aromatic carbocycles. The molecule has 3 aromatic rings. The van der Waals surface area contributed by atoms with E-state index < -0.39 is 0 Å². The van der Waals surface area contributed by atoms with Gasteiger partial charge in [0.25, 0.3) is 0 Å². The zero-order chi connectivity index (χ0) is 21.2. The number of carbonyl (C=O) groups is 2. The number of anilines is 1. The first-order chi connectivity index (χ1) is 14.7. The summed E-state index contributed by atoms with van der Waals surface area (Å²) in [6.07, 6.45) is 2.12. The molecule has 2 amide bonds. The maximum Gasteiger partial charge on any atom is 0.227 e. The van der Waals surface area contributed by atoms with Crippen molar-refractivity contribution in [2.24, 2.45) is 0 Å². The Morgan fingerprint density at radius 2 is 1.83 bits per heavy atom. The standard InChI is InChI=1S/C23H24N4O2S/c24-15-7-17-27(18-8-2-1-3-9-18)23(29)14-13-21(28)25-16-6-12-22-26-19-10-4-5-11-20(19)30-22/h1-5,8-11H,6-7,12-14,16-17H2,(H,25,28). The van der Waals surface area contributed by atoms with Crippen LogP contribution in [0.4, 0.5) is 5.69 Å². The highest BCUT2D eigenvalue weighted by molar-refractivity contribution is 7.18. The van der Waals surface area contributed by atoms with Gasteiger partial charge in [-0.3, -0.25) is 9.59 Å². The zero-order valence-electron chi connectivity index (χ0n) is 16.7. The molecule has 0 radical (unpaired) electrons. The van der Waals surface area contributed by atoms with E-state index in [-0.39, 0.29) is 31.1 Å². The number of fused-ring (bicyclic) bond motifs is 1. The van der Waals surface area contributed by atoms with Crippen molar-refractivity contribution in [1.29, 1.82) is 5.26 Å². The van der Waals surface area contributed by atoms with Crippen LogP contribution >= 0.6 is 11.3 Å². The summed E-state index contributed by atoms with van der Waals surface area (Å²) in [4.78, 5) is 30.9. The summed E-state index contributed by atoms with van der Waals surface area (Å²) < 4.78 is 1.18. The largest absolute Gasteiger partial charge is 0.356 e. The van der Waals surface area contributed by atoms with Crippen LogP contribution in [0.2, 0.25) is 0 Å². The van der Waals surface area contributed by atoms with E-state index in [4.69, 9.17) is 5.26 Å². The summed E-state index contributed by atoms with van der Waals surface area (Å²) in [6.45, 7) is 0.878. The van der Waals surface area contributed by atoms with E-state index in [1.165, 1.54) is 4.70 Å². The van der Waals surface area contributed by atoms with Crippen LogP contribution in [0.1, 0.15) is 30.7 Å². The summed E-state index contributed by atoms with van der Waals surface area (Å²) in [5.74, 6) is -0.290. The normalized spacial score (nSPS) is 10.5. The fourth-order valence-electron chi connectivity index (χ4n) is 3.11. The highest BCUT2D eigenvalue weighted by Crippen LogP contribution is 2.22. The molecule has 154 valence electrons. The molecule has 3 rings (SSSR count). The average molecular weight is 421 g/mol. The minimum absolute atomic E-state index is 0.115.